The van der Waals surface area contributed by atoms with Gasteiger partial charge in [0.25, 0.3) is 0 Å². The Morgan fingerprint density at radius 1 is 1.11 bits per heavy atom. The second-order valence-electron chi connectivity index (χ2n) is 5.50. The third-order valence-corrected chi connectivity index (χ3v) is 4.68. The zero-order valence-corrected chi connectivity index (χ0v) is 12.8. The Kier molecular flexibility index (Phi) is 3.79. The molecule has 1 nitrogen and oxygen atoms in total. The van der Waals surface area contributed by atoms with E-state index in [9.17, 15) is 0 Å². The second kappa shape index (κ2) is 5.02. The Labute approximate surface area is 118 Å². The van der Waals surface area contributed by atoms with Gasteiger partial charge in [-0.05, 0) is 34.2 Å². The van der Waals surface area contributed by atoms with Gasteiger partial charge in [-0.25, -0.2) is 0 Å². The molecule has 0 radical (unpaired) electrons. The quantitative estimate of drug-likeness (QED) is 0.845. The monoisotopic (exact) mass is 305 g/mol. The van der Waals surface area contributed by atoms with Gasteiger partial charge in [-0.2, -0.15) is 0 Å². The number of rotatable bonds is 3. The Bertz CT molecular complexity index is 560. The molecule has 0 fully saturated rings. The smallest absolute Gasteiger partial charge is 0.0352 e. The fraction of sp³-hybridized carbons (Fsp3) is 0.375. The summed E-state index contributed by atoms with van der Waals surface area (Å²) < 4.78 is 1.13. The van der Waals surface area contributed by atoms with Crippen molar-refractivity contribution in [3.05, 3.63) is 46.4 Å². The van der Waals surface area contributed by atoms with Crippen LogP contribution in [0.1, 0.15) is 38.8 Å². The molecule has 2 rings (SSSR count). The van der Waals surface area contributed by atoms with Gasteiger partial charge in [0.15, 0.2) is 0 Å². The van der Waals surface area contributed by atoms with Crippen molar-refractivity contribution < 1.29 is 0 Å². The maximum absolute atomic E-state index is 6.48. The zero-order chi connectivity index (χ0) is 13.3. The third-order valence-electron chi connectivity index (χ3n) is 3.99. The van der Waals surface area contributed by atoms with E-state index in [0.717, 1.165) is 10.9 Å². The van der Waals surface area contributed by atoms with Crippen molar-refractivity contribution in [2.24, 2.45) is 11.1 Å². The van der Waals surface area contributed by atoms with Crippen molar-refractivity contribution in [2.45, 2.75) is 33.2 Å². The molecule has 1 unspecified atom stereocenters. The molecule has 0 aliphatic carbocycles. The highest BCUT2D eigenvalue weighted by Crippen LogP contribution is 2.38. The number of nitrogens with two attached hydrogens (primary N) is 1. The van der Waals surface area contributed by atoms with Crippen LogP contribution in [0.3, 0.4) is 0 Å². The van der Waals surface area contributed by atoms with Crippen LogP contribution in [0.2, 0.25) is 0 Å². The van der Waals surface area contributed by atoms with Crippen LogP contribution in [-0.4, -0.2) is 0 Å². The maximum atomic E-state index is 6.48. The molecule has 0 aromatic heterocycles. The number of hydrogen-bond acceptors (Lipinski definition) is 1. The lowest BCUT2D eigenvalue weighted by atomic mass is 9.78. The number of hydrogen-bond donors (Lipinski definition) is 1. The molecule has 2 aromatic rings. The third kappa shape index (κ3) is 2.32. The Morgan fingerprint density at radius 3 is 2.39 bits per heavy atom. The first kappa shape index (κ1) is 13.6. The van der Waals surface area contributed by atoms with E-state index < -0.39 is 0 Å². The SMILES string of the molecule is CCC(C)(C)C(N)c1cccc2c(Br)cccc12. The zero-order valence-electron chi connectivity index (χ0n) is 11.2. The van der Waals surface area contributed by atoms with Crippen molar-refractivity contribution in [1.82, 2.24) is 0 Å². The summed E-state index contributed by atoms with van der Waals surface area (Å²) in [4.78, 5) is 0. The largest absolute Gasteiger partial charge is 0.323 e. The molecular formula is C16H20BrN. The summed E-state index contributed by atoms with van der Waals surface area (Å²) in [5.74, 6) is 0. The summed E-state index contributed by atoms with van der Waals surface area (Å²) in [5, 5.41) is 2.48. The predicted molar refractivity (Wildman–Crippen MR) is 82.6 cm³/mol. The topological polar surface area (TPSA) is 26.0 Å². The summed E-state index contributed by atoms with van der Waals surface area (Å²) in [6.07, 6.45) is 1.07. The maximum Gasteiger partial charge on any atom is 0.0352 e. The average Bonchev–Trinajstić information content (AvgIpc) is 2.38. The van der Waals surface area contributed by atoms with E-state index in [1.54, 1.807) is 0 Å². The molecule has 2 aromatic carbocycles. The van der Waals surface area contributed by atoms with Crippen molar-refractivity contribution in [1.29, 1.82) is 0 Å². The molecule has 0 amide bonds. The molecule has 0 saturated carbocycles. The number of halogens is 1. The highest BCUT2D eigenvalue weighted by molar-refractivity contribution is 9.10. The van der Waals surface area contributed by atoms with Crippen LogP contribution in [0.15, 0.2) is 40.9 Å². The second-order valence-corrected chi connectivity index (χ2v) is 6.36. The summed E-state index contributed by atoms with van der Waals surface area (Å²) >= 11 is 3.61. The average molecular weight is 306 g/mol. The van der Waals surface area contributed by atoms with Crippen molar-refractivity contribution in [2.75, 3.05) is 0 Å². The summed E-state index contributed by atoms with van der Waals surface area (Å²) in [6.45, 7) is 6.66. The number of fused-ring (bicyclic) bond motifs is 1. The molecule has 2 N–H and O–H groups in total. The Hall–Kier alpha value is -0.860. The normalized spacial score (nSPS) is 13.8. The fourth-order valence-corrected chi connectivity index (χ4v) is 2.71. The first-order valence-corrected chi connectivity index (χ1v) is 7.19. The van der Waals surface area contributed by atoms with Crippen molar-refractivity contribution in [3.8, 4) is 0 Å². The van der Waals surface area contributed by atoms with Gasteiger partial charge in [-0.1, -0.05) is 67.0 Å². The molecule has 0 spiro atoms. The fourth-order valence-electron chi connectivity index (χ4n) is 2.21. The van der Waals surface area contributed by atoms with E-state index in [2.05, 4.69) is 73.1 Å². The molecule has 0 aliphatic heterocycles. The van der Waals surface area contributed by atoms with Crippen molar-refractivity contribution in [3.63, 3.8) is 0 Å². The van der Waals surface area contributed by atoms with E-state index >= 15 is 0 Å². The van der Waals surface area contributed by atoms with Gasteiger partial charge in [-0.3, -0.25) is 0 Å². The van der Waals surface area contributed by atoms with Crippen LogP contribution in [0.5, 0.6) is 0 Å². The standard InChI is InChI=1S/C16H20BrN/c1-4-16(2,3)15(18)13-9-5-8-12-11(13)7-6-10-14(12)17/h5-10,15H,4,18H2,1-3H3. The van der Waals surface area contributed by atoms with E-state index in [1.807, 2.05) is 0 Å². The minimum atomic E-state index is 0.0560. The lowest BCUT2D eigenvalue weighted by Crippen LogP contribution is -2.28. The van der Waals surface area contributed by atoms with Crippen LogP contribution in [-0.2, 0) is 0 Å². The van der Waals surface area contributed by atoms with Crippen LogP contribution in [0.25, 0.3) is 10.8 Å². The minimum Gasteiger partial charge on any atom is -0.323 e. The van der Waals surface area contributed by atoms with Gasteiger partial charge in [0, 0.05) is 10.5 Å². The van der Waals surface area contributed by atoms with E-state index in [1.165, 1.54) is 16.3 Å². The van der Waals surface area contributed by atoms with E-state index in [-0.39, 0.29) is 11.5 Å². The van der Waals surface area contributed by atoms with Crippen molar-refractivity contribution >= 4 is 26.7 Å². The Balaban J connectivity index is 2.62. The van der Waals surface area contributed by atoms with Gasteiger partial charge < -0.3 is 5.73 Å². The highest BCUT2D eigenvalue weighted by Gasteiger charge is 2.26. The highest BCUT2D eigenvalue weighted by atomic mass is 79.9. The molecule has 2 heteroatoms. The van der Waals surface area contributed by atoms with Crippen LogP contribution in [0.4, 0.5) is 0 Å². The van der Waals surface area contributed by atoms with Crippen LogP contribution in [0, 0.1) is 5.41 Å². The molecule has 0 aliphatic rings. The van der Waals surface area contributed by atoms with E-state index in [4.69, 9.17) is 5.73 Å². The molecular weight excluding hydrogens is 286 g/mol. The van der Waals surface area contributed by atoms with Gasteiger partial charge in [-0.15, -0.1) is 0 Å². The summed E-state index contributed by atoms with van der Waals surface area (Å²) in [7, 11) is 0. The van der Waals surface area contributed by atoms with Gasteiger partial charge in [0.05, 0.1) is 0 Å². The predicted octanol–water partition coefficient (Wildman–Crippen LogP) is 5.04. The molecule has 0 bridgehead atoms. The molecule has 1 atom stereocenters. The minimum absolute atomic E-state index is 0.0560. The van der Waals surface area contributed by atoms with Gasteiger partial charge >= 0.3 is 0 Å². The lowest BCUT2D eigenvalue weighted by Gasteiger charge is -2.31. The van der Waals surface area contributed by atoms with Crippen LogP contribution < -0.4 is 5.73 Å². The molecule has 96 valence electrons. The molecule has 0 saturated heterocycles. The lowest BCUT2D eigenvalue weighted by molar-refractivity contribution is 0.280. The summed E-state index contributed by atoms with van der Waals surface area (Å²) in [6, 6.07) is 12.7. The summed E-state index contributed by atoms with van der Waals surface area (Å²) in [5.41, 5.74) is 7.83. The van der Waals surface area contributed by atoms with Gasteiger partial charge in [0.2, 0.25) is 0 Å². The number of benzene rings is 2. The first-order chi connectivity index (χ1) is 8.47. The molecule has 0 heterocycles. The molecule has 18 heavy (non-hydrogen) atoms. The first-order valence-electron chi connectivity index (χ1n) is 6.40. The van der Waals surface area contributed by atoms with Gasteiger partial charge in [0.1, 0.15) is 0 Å². The van der Waals surface area contributed by atoms with Crippen LogP contribution >= 0.6 is 15.9 Å². The van der Waals surface area contributed by atoms with E-state index in [0.29, 0.717) is 0 Å². The Morgan fingerprint density at radius 2 is 1.72 bits per heavy atom.